The van der Waals surface area contributed by atoms with Gasteiger partial charge in [-0.3, -0.25) is 4.79 Å². The Hall–Kier alpha value is -1.59. The summed E-state index contributed by atoms with van der Waals surface area (Å²) in [5.41, 5.74) is 1.16. The molecule has 0 radical (unpaired) electrons. The fourth-order valence-corrected chi connectivity index (χ4v) is 1.70. The van der Waals surface area contributed by atoms with Gasteiger partial charge in [0.25, 0.3) is 5.91 Å². The van der Waals surface area contributed by atoms with Crippen molar-refractivity contribution < 1.29 is 19.4 Å². The van der Waals surface area contributed by atoms with Crippen molar-refractivity contribution in [2.45, 2.75) is 13.0 Å². The number of aliphatic carboxylic acids is 1. The Kier molecular flexibility index (Phi) is 5.12. The topological polar surface area (TPSA) is 75.6 Å². The van der Waals surface area contributed by atoms with E-state index in [0.29, 0.717) is 0 Å². The molecule has 1 unspecified atom stereocenters. The van der Waals surface area contributed by atoms with Gasteiger partial charge in [0.15, 0.2) is 6.04 Å². The third-order valence-corrected chi connectivity index (χ3v) is 2.62. The van der Waals surface area contributed by atoms with E-state index in [9.17, 15) is 9.59 Å². The number of methoxy groups -OCH3 is 1. The van der Waals surface area contributed by atoms with E-state index in [1.165, 1.54) is 7.11 Å². The van der Waals surface area contributed by atoms with Crippen LogP contribution in [0.2, 0.25) is 5.02 Å². The largest absolute Gasteiger partial charge is 0.480 e. The quantitative estimate of drug-likeness (QED) is 0.850. The highest BCUT2D eigenvalue weighted by Crippen LogP contribution is 2.17. The van der Waals surface area contributed by atoms with Crippen molar-refractivity contribution in [1.82, 2.24) is 5.32 Å². The molecule has 1 amide bonds. The molecule has 0 heterocycles. The molecule has 1 rings (SSSR count). The van der Waals surface area contributed by atoms with Crippen LogP contribution in [0.1, 0.15) is 15.9 Å². The number of nitrogens with one attached hydrogen (secondary N) is 1. The Morgan fingerprint density at radius 2 is 2.17 bits per heavy atom. The van der Waals surface area contributed by atoms with Crippen molar-refractivity contribution >= 4 is 23.5 Å². The number of rotatable bonds is 5. The van der Waals surface area contributed by atoms with Crippen molar-refractivity contribution in [2.24, 2.45) is 0 Å². The molecule has 18 heavy (non-hydrogen) atoms. The summed E-state index contributed by atoms with van der Waals surface area (Å²) in [4.78, 5) is 22.7. The molecule has 6 heteroatoms. The number of hydrogen-bond donors (Lipinski definition) is 2. The van der Waals surface area contributed by atoms with E-state index in [0.717, 1.165) is 5.56 Å². The maximum Gasteiger partial charge on any atom is 0.328 e. The standard InChI is InChI=1S/C12H14ClNO4/c1-7-3-4-8(9(13)5-7)11(15)14-10(6-18-2)12(16)17/h3-5,10H,6H2,1-2H3,(H,14,15)(H,16,17). The molecule has 0 spiro atoms. The molecule has 2 N–H and O–H groups in total. The van der Waals surface area contributed by atoms with E-state index in [4.69, 9.17) is 21.4 Å². The van der Waals surface area contributed by atoms with E-state index in [1.54, 1.807) is 18.2 Å². The minimum absolute atomic E-state index is 0.107. The van der Waals surface area contributed by atoms with Crippen molar-refractivity contribution in [1.29, 1.82) is 0 Å². The van der Waals surface area contributed by atoms with Crippen LogP contribution in [0.4, 0.5) is 0 Å². The molecule has 0 fully saturated rings. The molecule has 0 aliphatic rings. The van der Waals surface area contributed by atoms with Crippen LogP contribution in [-0.2, 0) is 9.53 Å². The average Bonchev–Trinajstić information content (AvgIpc) is 2.27. The number of carboxylic acids is 1. The summed E-state index contributed by atoms with van der Waals surface area (Å²) in [6.07, 6.45) is 0. The van der Waals surface area contributed by atoms with Crippen LogP contribution >= 0.6 is 11.6 Å². The van der Waals surface area contributed by atoms with Gasteiger partial charge in [-0.25, -0.2) is 4.79 Å². The number of carbonyl (C=O) groups is 2. The fourth-order valence-electron chi connectivity index (χ4n) is 1.38. The van der Waals surface area contributed by atoms with Crippen LogP contribution in [0.5, 0.6) is 0 Å². The first-order chi connectivity index (χ1) is 8.45. The Bertz CT molecular complexity index is 461. The summed E-state index contributed by atoms with van der Waals surface area (Å²) in [5, 5.41) is 11.5. The van der Waals surface area contributed by atoms with Crippen LogP contribution in [0.3, 0.4) is 0 Å². The molecule has 98 valence electrons. The molecule has 5 nitrogen and oxygen atoms in total. The molecule has 0 aromatic heterocycles. The van der Waals surface area contributed by atoms with Crippen LogP contribution in [0.15, 0.2) is 18.2 Å². The summed E-state index contributed by atoms with van der Waals surface area (Å²) >= 11 is 5.92. The number of benzene rings is 1. The molecule has 1 aromatic rings. The first-order valence-electron chi connectivity index (χ1n) is 5.24. The molecular formula is C12H14ClNO4. The van der Waals surface area contributed by atoms with Crippen LogP contribution in [0, 0.1) is 6.92 Å². The second-order valence-corrected chi connectivity index (χ2v) is 4.21. The predicted octanol–water partition coefficient (Wildman–Crippen LogP) is 1.48. The van der Waals surface area contributed by atoms with Gasteiger partial charge in [-0.05, 0) is 24.6 Å². The normalized spacial score (nSPS) is 11.9. The zero-order chi connectivity index (χ0) is 13.7. The third-order valence-electron chi connectivity index (χ3n) is 2.31. The molecular weight excluding hydrogens is 258 g/mol. The highest BCUT2D eigenvalue weighted by Gasteiger charge is 2.21. The summed E-state index contributed by atoms with van der Waals surface area (Å²) < 4.78 is 4.72. The van der Waals surface area contributed by atoms with E-state index in [1.807, 2.05) is 6.92 Å². The first kappa shape index (κ1) is 14.5. The maximum atomic E-state index is 11.9. The Morgan fingerprint density at radius 3 is 2.67 bits per heavy atom. The molecule has 0 aliphatic heterocycles. The van der Waals surface area contributed by atoms with Gasteiger partial charge in [0, 0.05) is 7.11 Å². The minimum Gasteiger partial charge on any atom is -0.480 e. The Balaban J connectivity index is 2.83. The van der Waals surface area contributed by atoms with E-state index in [-0.39, 0.29) is 17.2 Å². The highest BCUT2D eigenvalue weighted by atomic mass is 35.5. The number of aryl methyl sites for hydroxylation is 1. The lowest BCUT2D eigenvalue weighted by atomic mass is 10.1. The number of ether oxygens (including phenoxy) is 1. The first-order valence-corrected chi connectivity index (χ1v) is 5.62. The monoisotopic (exact) mass is 271 g/mol. The number of hydrogen-bond acceptors (Lipinski definition) is 3. The number of amides is 1. The second-order valence-electron chi connectivity index (χ2n) is 3.80. The summed E-state index contributed by atoms with van der Waals surface area (Å²) in [6.45, 7) is 1.74. The van der Waals surface area contributed by atoms with Gasteiger partial charge in [-0.15, -0.1) is 0 Å². The van der Waals surface area contributed by atoms with Crippen molar-refractivity contribution in [3.63, 3.8) is 0 Å². The lowest BCUT2D eigenvalue weighted by molar-refractivity contribution is -0.140. The van der Waals surface area contributed by atoms with E-state index >= 15 is 0 Å². The average molecular weight is 272 g/mol. The van der Waals surface area contributed by atoms with Gasteiger partial charge in [0.05, 0.1) is 17.2 Å². The minimum atomic E-state index is -1.16. The lowest BCUT2D eigenvalue weighted by Gasteiger charge is -2.14. The van der Waals surface area contributed by atoms with E-state index in [2.05, 4.69) is 5.32 Å². The number of carbonyl (C=O) groups excluding carboxylic acids is 1. The number of carboxylic acid groups (broad SMARTS) is 1. The fraction of sp³-hybridized carbons (Fsp3) is 0.333. The van der Waals surface area contributed by atoms with Gasteiger partial charge in [0.2, 0.25) is 0 Å². The van der Waals surface area contributed by atoms with Crippen LogP contribution in [0.25, 0.3) is 0 Å². The zero-order valence-electron chi connectivity index (χ0n) is 10.1. The lowest BCUT2D eigenvalue weighted by Crippen LogP contribution is -2.43. The van der Waals surface area contributed by atoms with Gasteiger partial charge in [-0.1, -0.05) is 17.7 Å². The molecule has 0 bridgehead atoms. The zero-order valence-corrected chi connectivity index (χ0v) is 10.8. The highest BCUT2D eigenvalue weighted by molar-refractivity contribution is 6.33. The van der Waals surface area contributed by atoms with Gasteiger partial charge < -0.3 is 15.2 Å². The van der Waals surface area contributed by atoms with E-state index < -0.39 is 17.9 Å². The smallest absolute Gasteiger partial charge is 0.328 e. The summed E-state index contributed by atoms with van der Waals surface area (Å²) in [5.74, 6) is -1.70. The van der Waals surface area contributed by atoms with Crippen molar-refractivity contribution in [3.8, 4) is 0 Å². The third kappa shape index (κ3) is 3.72. The molecule has 0 saturated carbocycles. The molecule has 1 aromatic carbocycles. The van der Waals surface area contributed by atoms with Crippen molar-refractivity contribution in [2.75, 3.05) is 13.7 Å². The van der Waals surface area contributed by atoms with Gasteiger partial charge >= 0.3 is 5.97 Å². The number of halogens is 1. The summed E-state index contributed by atoms with van der Waals surface area (Å²) in [7, 11) is 1.36. The second kappa shape index (κ2) is 6.37. The maximum absolute atomic E-state index is 11.9. The Labute approximate surface area is 110 Å². The predicted molar refractivity (Wildman–Crippen MR) is 67.0 cm³/mol. The molecule has 1 atom stereocenters. The SMILES string of the molecule is COCC(NC(=O)c1ccc(C)cc1Cl)C(=O)O. The van der Waals surface area contributed by atoms with Gasteiger partial charge in [0.1, 0.15) is 0 Å². The summed E-state index contributed by atoms with van der Waals surface area (Å²) in [6, 6.07) is 3.83. The Morgan fingerprint density at radius 1 is 1.50 bits per heavy atom. The van der Waals surface area contributed by atoms with Crippen LogP contribution in [-0.4, -0.2) is 36.7 Å². The van der Waals surface area contributed by atoms with Crippen molar-refractivity contribution in [3.05, 3.63) is 34.3 Å². The molecule has 0 saturated heterocycles. The molecule has 0 aliphatic carbocycles. The van der Waals surface area contributed by atoms with Crippen LogP contribution < -0.4 is 5.32 Å². The van der Waals surface area contributed by atoms with Gasteiger partial charge in [-0.2, -0.15) is 0 Å².